The molecule has 1 aliphatic rings. The van der Waals surface area contributed by atoms with E-state index in [2.05, 4.69) is 15.8 Å². The summed E-state index contributed by atoms with van der Waals surface area (Å²) in [6.07, 6.45) is 7.89. The Hall–Kier alpha value is -1.68. The minimum Gasteiger partial charge on any atom is -0.306 e. The van der Waals surface area contributed by atoms with Gasteiger partial charge in [-0.2, -0.15) is 5.10 Å². The predicted molar refractivity (Wildman–Crippen MR) is 81.8 cm³/mol. The Labute approximate surface area is 120 Å². The van der Waals surface area contributed by atoms with Gasteiger partial charge in [0, 0.05) is 6.04 Å². The van der Waals surface area contributed by atoms with E-state index in [9.17, 15) is 4.79 Å². The highest BCUT2D eigenvalue weighted by molar-refractivity contribution is 5.83. The normalized spacial score (nSPS) is 16.4. The number of benzene rings is 1. The molecule has 0 unspecified atom stereocenters. The fraction of sp³-hybridized carbons (Fsp3) is 0.500. The van der Waals surface area contributed by atoms with Crippen LogP contribution in [0.15, 0.2) is 29.4 Å². The number of hydrogen-bond donors (Lipinski definition) is 2. The van der Waals surface area contributed by atoms with E-state index in [0.29, 0.717) is 12.6 Å². The third-order valence-electron chi connectivity index (χ3n) is 3.64. The molecule has 0 aliphatic heterocycles. The number of rotatable bonds is 5. The number of nitrogens with zero attached hydrogens (tertiary/aromatic N) is 1. The molecule has 1 aromatic rings. The SMILES string of the molecule is Cc1ccc(/C=N\NC(=O)CNC2CCCCC2)cc1. The van der Waals surface area contributed by atoms with Crippen LogP contribution in [0, 0.1) is 6.92 Å². The summed E-state index contributed by atoms with van der Waals surface area (Å²) in [5.41, 5.74) is 4.75. The van der Waals surface area contributed by atoms with Gasteiger partial charge in [-0.1, -0.05) is 49.1 Å². The Morgan fingerprint density at radius 2 is 1.95 bits per heavy atom. The van der Waals surface area contributed by atoms with E-state index < -0.39 is 0 Å². The van der Waals surface area contributed by atoms with Gasteiger partial charge in [-0.3, -0.25) is 4.79 Å². The van der Waals surface area contributed by atoms with Crippen LogP contribution in [0.2, 0.25) is 0 Å². The molecule has 0 bridgehead atoms. The van der Waals surface area contributed by atoms with Gasteiger partial charge in [0.2, 0.25) is 0 Å². The quantitative estimate of drug-likeness (QED) is 0.639. The minimum atomic E-state index is -0.0843. The lowest BCUT2D eigenvalue weighted by atomic mass is 9.95. The maximum Gasteiger partial charge on any atom is 0.254 e. The Morgan fingerprint density at radius 1 is 1.25 bits per heavy atom. The zero-order chi connectivity index (χ0) is 14.2. The van der Waals surface area contributed by atoms with Gasteiger partial charge < -0.3 is 5.32 Å². The van der Waals surface area contributed by atoms with Crippen LogP contribution in [0.3, 0.4) is 0 Å². The van der Waals surface area contributed by atoms with Crippen molar-refractivity contribution in [3.05, 3.63) is 35.4 Å². The molecular formula is C16H23N3O. The lowest BCUT2D eigenvalue weighted by molar-refractivity contribution is -0.120. The van der Waals surface area contributed by atoms with Gasteiger partial charge in [-0.25, -0.2) is 5.43 Å². The maximum atomic E-state index is 11.6. The Bertz CT molecular complexity index is 447. The first-order valence-corrected chi connectivity index (χ1v) is 7.36. The van der Waals surface area contributed by atoms with Gasteiger partial charge >= 0.3 is 0 Å². The average molecular weight is 273 g/mol. The summed E-state index contributed by atoms with van der Waals surface area (Å²) < 4.78 is 0. The molecule has 108 valence electrons. The first-order chi connectivity index (χ1) is 9.74. The molecule has 4 heteroatoms. The van der Waals surface area contributed by atoms with E-state index in [1.807, 2.05) is 31.2 Å². The molecule has 0 radical (unpaired) electrons. The standard InChI is InChI=1S/C16H23N3O/c1-13-7-9-14(10-8-13)11-18-19-16(20)12-17-15-5-3-2-4-6-15/h7-11,15,17H,2-6,12H2,1H3,(H,19,20)/b18-11-. The van der Waals surface area contributed by atoms with Crippen molar-refractivity contribution < 1.29 is 4.79 Å². The van der Waals surface area contributed by atoms with Crippen LogP contribution >= 0.6 is 0 Å². The summed E-state index contributed by atoms with van der Waals surface area (Å²) in [6.45, 7) is 2.38. The molecule has 0 aromatic heterocycles. The lowest BCUT2D eigenvalue weighted by Crippen LogP contribution is -2.38. The summed E-state index contributed by atoms with van der Waals surface area (Å²) in [4.78, 5) is 11.6. The third-order valence-corrected chi connectivity index (χ3v) is 3.64. The summed E-state index contributed by atoms with van der Waals surface area (Å²) in [6, 6.07) is 8.49. The number of hydrogen-bond acceptors (Lipinski definition) is 3. The van der Waals surface area contributed by atoms with Crippen LogP contribution in [0.1, 0.15) is 43.2 Å². The zero-order valence-electron chi connectivity index (χ0n) is 12.1. The van der Waals surface area contributed by atoms with Crippen molar-refractivity contribution in [3.8, 4) is 0 Å². The smallest absolute Gasteiger partial charge is 0.254 e. The molecule has 0 spiro atoms. The minimum absolute atomic E-state index is 0.0843. The van der Waals surface area contributed by atoms with Crippen LogP contribution in [0.4, 0.5) is 0 Å². The molecule has 0 atom stereocenters. The van der Waals surface area contributed by atoms with Gasteiger partial charge in [0.15, 0.2) is 0 Å². The Kier molecular flexibility index (Phi) is 5.74. The van der Waals surface area contributed by atoms with E-state index in [1.165, 1.54) is 37.7 Å². The molecule has 2 rings (SSSR count). The molecule has 1 fully saturated rings. The zero-order valence-corrected chi connectivity index (χ0v) is 12.1. The lowest BCUT2D eigenvalue weighted by Gasteiger charge is -2.22. The highest BCUT2D eigenvalue weighted by Gasteiger charge is 2.13. The number of carbonyl (C=O) groups excluding carboxylic acids is 1. The summed E-state index contributed by atoms with van der Waals surface area (Å²) in [5, 5.41) is 7.26. The first-order valence-electron chi connectivity index (χ1n) is 7.36. The number of carbonyl (C=O) groups is 1. The van der Waals surface area contributed by atoms with Crippen molar-refractivity contribution in [3.63, 3.8) is 0 Å². The topological polar surface area (TPSA) is 53.5 Å². The second-order valence-corrected chi connectivity index (χ2v) is 5.42. The fourth-order valence-corrected chi connectivity index (χ4v) is 2.41. The van der Waals surface area contributed by atoms with E-state index in [4.69, 9.17) is 0 Å². The van der Waals surface area contributed by atoms with Crippen molar-refractivity contribution in [2.24, 2.45) is 5.10 Å². The highest BCUT2D eigenvalue weighted by atomic mass is 16.2. The van der Waals surface area contributed by atoms with Gasteiger partial charge in [-0.15, -0.1) is 0 Å². The highest BCUT2D eigenvalue weighted by Crippen LogP contribution is 2.16. The van der Waals surface area contributed by atoms with E-state index in [0.717, 1.165) is 5.56 Å². The van der Waals surface area contributed by atoms with E-state index in [-0.39, 0.29) is 5.91 Å². The molecule has 4 nitrogen and oxygen atoms in total. The molecule has 1 saturated carbocycles. The molecule has 1 amide bonds. The molecule has 20 heavy (non-hydrogen) atoms. The second-order valence-electron chi connectivity index (χ2n) is 5.42. The number of nitrogens with one attached hydrogen (secondary N) is 2. The number of aryl methyl sites for hydroxylation is 1. The van der Waals surface area contributed by atoms with Crippen molar-refractivity contribution in [1.82, 2.24) is 10.7 Å². The van der Waals surface area contributed by atoms with Gasteiger partial charge in [0.1, 0.15) is 0 Å². The van der Waals surface area contributed by atoms with Crippen molar-refractivity contribution in [1.29, 1.82) is 0 Å². The molecule has 1 aromatic carbocycles. The van der Waals surface area contributed by atoms with E-state index in [1.54, 1.807) is 6.21 Å². The Morgan fingerprint density at radius 3 is 2.65 bits per heavy atom. The van der Waals surface area contributed by atoms with Gasteiger partial charge in [0.05, 0.1) is 12.8 Å². The van der Waals surface area contributed by atoms with Gasteiger partial charge in [-0.05, 0) is 25.3 Å². The molecule has 0 heterocycles. The molecular weight excluding hydrogens is 250 g/mol. The third kappa shape index (κ3) is 5.13. The number of amides is 1. The van der Waals surface area contributed by atoms with Crippen molar-refractivity contribution in [2.45, 2.75) is 45.1 Å². The van der Waals surface area contributed by atoms with Crippen LogP contribution < -0.4 is 10.7 Å². The van der Waals surface area contributed by atoms with Gasteiger partial charge in [0.25, 0.3) is 5.91 Å². The first kappa shape index (κ1) is 14.7. The summed E-state index contributed by atoms with van der Waals surface area (Å²) in [5.74, 6) is -0.0843. The summed E-state index contributed by atoms with van der Waals surface area (Å²) >= 11 is 0. The van der Waals surface area contributed by atoms with Crippen LogP contribution in [-0.2, 0) is 4.79 Å². The summed E-state index contributed by atoms with van der Waals surface area (Å²) in [7, 11) is 0. The predicted octanol–water partition coefficient (Wildman–Crippen LogP) is 2.37. The van der Waals surface area contributed by atoms with Crippen LogP contribution in [0.25, 0.3) is 0 Å². The van der Waals surface area contributed by atoms with Crippen LogP contribution in [-0.4, -0.2) is 24.7 Å². The fourth-order valence-electron chi connectivity index (χ4n) is 2.41. The van der Waals surface area contributed by atoms with Crippen molar-refractivity contribution in [2.75, 3.05) is 6.54 Å². The molecule has 1 aliphatic carbocycles. The molecule has 0 saturated heterocycles. The molecule has 2 N–H and O–H groups in total. The Balaban J connectivity index is 1.67. The van der Waals surface area contributed by atoms with E-state index >= 15 is 0 Å². The largest absolute Gasteiger partial charge is 0.306 e. The monoisotopic (exact) mass is 273 g/mol. The maximum absolute atomic E-state index is 11.6. The number of hydrazone groups is 1. The van der Waals surface area contributed by atoms with Crippen molar-refractivity contribution >= 4 is 12.1 Å². The van der Waals surface area contributed by atoms with Crippen LogP contribution in [0.5, 0.6) is 0 Å². The second kappa shape index (κ2) is 7.80. The average Bonchev–Trinajstić information content (AvgIpc) is 2.48.